The predicted octanol–water partition coefficient (Wildman–Crippen LogP) is 1.62. The minimum Gasteiger partial charge on any atom is -0.460 e. The first-order valence-electron chi connectivity index (χ1n) is 5.41. The zero-order chi connectivity index (χ0) is 11.4. The van der Waals surface area contributed by atoms with Gasteiger partial charge in [-0.3, -0.25) is 4.79 Å². The van der Waals surface area contributed by atoms with Crippen molar-refractivity contribution in [3.8, 4) is 0 Å². The maximum atomic E-state index is 13.2. The van der Waals surface area contributed by atoms with Crippen LogP contribution in [0.4, 0.5) is 4.39 Å². The van der Waals surface area contributed by atoms with Crippen LogP contribution in [0.15, 0.2) is 24.3 Å². The molecular weight excluding hydrogens is 209 g/mol. The van der Waals surface area contributed by atoms with Gasteiger partial charge in [-0.25, -0.2) is 4.39 Å². The molecule has 1 aliphatic heterocycles. The second-order valence-electron chi connectivity index (χ2n) is 3.85. The van der Waals surface area contributed by atoms with Crippen molar-refractivity contribution in [2.45, 2.75) is 25.5 Å². The maximum Gasteiger partial charge on any atom is 0.323 e. The predicted molar refractivity (Wildman–Crippen MR) is 57.2 cm³/mol. The van der Waals surface area contributed by atoms with E-state index < -0.39 is 0 Å². The summed E-state index contributed by atoms with van der Waals surface area (Å²) < 4.78 is 18.3. The van der Waals surface area contributed by atoms with Crippen LogP contribution in [0, 0.1) is 5.82 Å². The average Bonchev–Trinajstić information content (AvgIpc) is 2.81. The molecule has 0 spiro atoms. The van der Waals surface area contributed by atoms with Crippen molar-refractivity contribution in [3.63, 3.8) is 0 Å². The van der Waals surface area contributed by atoms with E-state index in [1.54, 1.807) is 18.2 Å². The van der Waals surface area contributed by atoms with Gasteiger partial charge in [0.1, 0.15) is 18.5 Å². The Hall–Kier alpha value is -1.42. The number of esters is 1. The van der Waals surface area contributed by atoms with Crippen LogP contribution in [0.5, 0.6) is 0 Å². The van der Waals surface area contributed by atoms with Crippen molar-refractivity contribution in [1.82, 2.24) is 5.32 Å². The highest BCUT2D eigenvalue weighted by Gasteiger charge is 2.23. The van der Waals surface area contributed by atoms with Gasteiger partial charge in [-0.05, 0) is 25.5 Å². The van der Waals surface area contributed by atoms with Crippen molar-refractivity contribution in [2.24, 2.45) is 0 Å². The molecule has 2 rings (SSSR count). The molecule has 1 aromatic rings. The number of hydrogen-bond donors (Lipinski definition) is 1. The maximum absolute atomic E-state index is 13.2. The van der Waals surface area contributed by atoms with Gasteiger partial charge in [-0.15, -0.1) is 0 Å². The highest BCUT2D eigenvalue weighted by Crippen LogP contribution is 2.11. The van der Waals surface area contributed by atoms with E-state index in [2.05, 4.69) is 5.32 Å². The van der Waals surface area contributed by atoms with Gasteiger partial charge in [-0.2, -0.15) is 0 Å². The first-order valence-corrected chi connectivity index (χ1v) is 5.41. The Morgan fingerprint density at radius 2 is 2.31 bits per heavy atom. The average molecular weight is 223 g/mol. The highest BCUT2D eigenvalue weighted by atomic mass is 19.1. The van der Waals surface area contributed by atoms with Crippen molar-refractivity contribution in [1.29, 1.82) is 0 Å². The van der Waals surface area contributed by atoms with Crippen LogP contribution in [0.2, 0.25) is 0 Å². The topological polar surface area (TPSA) is 38.3 Å². The zero-order valence-corrected chi connectivity index (χ0v) is 8.91. The first kappa shape index (κ1) is 11.1. The molecular formula is C12H14FNO2. The standard InChI is InChI=1S/C12H14FNO2/c13-10-5-2-1-4-9(10)8-16-12(15)11-6-3-7-14-11/h1-2,4-5,11,14H,3,6-8H2. The lowest BCUT2D eigenvalue weighted by Gasteiger charge is -2.10. The van der Waals surface area contributed by atoms with E-state index in [4.69, 9.17) is 4.74 Å². The molecule has 86 valence electrons. The molecule has 1 unspecified atom stereocenters. The lowest BCUT2D eigenvalue weighted by atomic mass is 10.2. The number of nitrogens with one attached hydrogen (secondary N) is 1. The van der Waals surface area contributed by atoms with Gasteiger partial charge in [-0.1, -0.05) is 18.2 Å². The van der Waals surface area contributed by atoms with Crippen molar-refractivity contribution < 1.29 is 13.9 Å². The van der Waals surface area contributed by atoms with E-state index >= 15 is 0 Å². The molecule has 0 aliphatic carbocycles. The first-order chi connectivity index (χ1) is 7.77. The van der Waals surface area contributed by atoms with Crippen molar-refractivity contribution >= 4 is 5.97 Å². The van der Waals surface area contributed by atoms with Gasteiger partial charge in [0.2, 0.25) is 0 Å². The van der Waals surface area contributed by atoms with Crippen LogP contribution in [0.3, 0.4) is 0 Å². The van der Waals surface area contributed by atoms with E-state index in [-0.39, 0.29) is 24.4 Å². The third kappa shape index (κ3) is 2.58. The quantitative estimate of drug-likeness (QED) is 0.791. The van der Waals surface area contributed by atoms with Crippen LogP contribution < -0.4 is 5.32 Å². The molecule has 1 N–H and O–H groups in total. The number of carbonyl (C=O) groups is 1. The molecule has 4 heteroatoms. The van der Waals surface area contributed by atoms with E-state index in [1.165, 1.54) is 6.07 Å². The molecule has 1 atom stereocenters. The SMILES string of the molecule is O=C(OCc1ccccc1F)C1CCCN1. The molecule has 3 nitrogen and oxygen atoms in total. The Bertz CT molecular complexity index is 375. The molecule has 16 heavy (non-hydrogen) atoms. The monoisotopic (exact) mass is 223 g/mol. The minimum absolute atomic E-state index is 0.00366. The van der Waals surface area contributed by atoms with Gasteiger partial charge in [0.15, 0.2) is 0 Å². The molecule has 1 aromatic carbocycles. The Morgan fingerprint density at radius 1 is 1.50 bits per heavy atom. The lowest BCUT2D eigenvalue weighted by Crippen LogP contribution is -2.32. The zero-order valence-electron chi connectivity index (χ0n) is 8.91. The van der Waals surface area contributed by atoms with E-state index in [0.717, 1.165) is 19.4 Å². The normalized spacial score (nSPS) is 19.7. The smallest absolute Gasteiger partial charge is 0.323 e. The van der Waals surface area contributed by atoms with E-state index in [1.807, 2.05) is 0 Å². The van der Waals surface area contributed by atoms with Gasteiger partial charge < -0.3 is 10.1 Å². The fraction of sp³-hybridized carbons (Fsp3) is 0.417. The summed E-state index contributed by atoms with van der Waals surface area (Å²) in [6.45, 7) is 0.850. The summed E-state index contributed by atoms with van der Waals surface area (Å²) in [6, 6.07) is 6.09. The molecule has 0 aromatic heterocycles. The molecule has 0 bridgehead atoms. The molecule has 1 aliphatic rings. The third-order valence-electron chi connectivity index (χ3n) is 2.67. The van der Waals surface area contributed by atoms with Crippen LogP contribution in [-0.2, 0) is 16.1 Å². The molecule has 1 fully saturated rings. The lowest BCUT2D eigenvalue weighted by molar-refractivity contribution is -0.147. The second-order valence-corrected chi connectivity index (χ2v) is 3.85. The largest absolute Gasteiger partial charge is 0.460 e. The number of ether oxygens (including phenoxy) is 1. The molecule has 0 saturated carbocycles. The van der Waals surface area contributed by atoms with Gasteiger partial charge >= 0.3 is 5.97 Å². The number of benzene rings is 1. The van der Waals surface area contributed by atoms with Crippen molar-refractivity contribution in [3.05, 3.63) is 35.6 Å². The number of carbonyl (C=O) groups excluding carboxylic acids is 1. The summed E-state index contributed by atoms with van der Waals surface area (Å²) in [6.07, 6.45) is 1.79. The summed E-state index contributed by atoms with van der Waals surface area (Å²) in [4.78, 5) is 11.5. The summed E-state index contributed by atoms with van der Waals surface area (Å²) in [5.74, 6) is -0.629. The van der Waals surface area contributed by atoms with Crippen LogP contribution in [-0.4, -0.2) is 18.6 Å². The summed E-state index contributed by atoms with van der Waals surface area (Å²) in [7, 11) is 0. The molecule has 0 radical (unpaired) electrons. The van der Waals surface area contributed by atoms with Crippen molar-refractivity contribution in [2.75, 3.05) is 6.54 Å². The van der Waals surface area contributed by atoms with Crippen LogP contribution in [0.25, 0.3) is 0 Å². The Morgan fingerprint density at radius 3 is 3.00 bits per heavy atom. The summed E-state index contributed by atoms with van der Waals surface area (Å²) >= 11 is 0. The fourth-order valence-electron chi connectivity index (χ4n) is 1.75. The van der Waals surface area contributed by atoms with Gasteiger partial charge in [0.25, 0.3) is 0 Å². The summed E-state index contributed by atoms with van der Waals surface area (Å²) in [5.41, 5.74) is 0.411. The fourth-order valence-corrected chi connectivity index (χ4v) is 1.75. The van der Waals surface area contributed by atoms with E-state index in [9.17, 15) is 9.18 Å². The van der Waals surface area contributed by atoms with Crippen LogP contribution in [0.1, 0.15) is 18.4 Å². The number of hydrogen-bond acceptors (Lipinski definition) is 3. The Balaban J connectivity index is 1.87. The second kappa shape index (κ2) is 5.07. The molecule has 1 saturated heterocycles. The van der Waals surface area contributed by atoms with Gasteiger partial charge in [0.05, 0.1) is 0 Å². The minimum atomic E-state index is -0.338. The van der Waals surface area contributed by atoms with E-state index in [0.29, 0.717) is 5.56 Å². The highest BCUT2D eigenvalue weighted by molar-refractivity contribution is 5.76. The number of halogens is 1. The molecule has 1 heterocycles. The Kier molecular flexibility index (Phi) is 3.51. The summed E-state index contributed by atoms with van der Waals surface area (Å²) in [5, 5.41) is 3.04. The Labute approximate surface area is 93.6 Å². The molecule has 0 amide bonds. The van der Waals surface area contributed by atoms with Crippen LogP contribution >= 0.6 is 0 Å². The number of rotatable bonds is 3. The third-order valence-corrected chi connectivity index (χ3v) is 2.67. The van der Waals surface area contributed by atoms with Gasteiger partial charge in [0, 0.05) is 5.56 Å².